The SMILES string of the molecule is NNC(CCC(F)(F)F)c1ccco1. The van der Waals surface area contributed by atoms with Gasteiger partial charge in [0.05, 0.1) is 12.3 Å². The van der Waals surface area contributed by atoms with E-state index in [0.717, 1.165) is 0 Å². The molecule has 6 heteroatoms. The van der Waals surface area contributed by atoms with Crippen LogP contribution in [0.2, 0.25) is 0 Å². The van der Waals surface area contributed by atoms with Crippen molar-refractivity contribution in [1.29, 1.82) is 0 Å². The van der Waals surface area contributed by atoms with E-state index < -0.39 is 18.6 Å². The molecule has 0 aliphatic rings. The maximum absolute atomic E-state index is 11.9. The highest BCUT2D eigenvalue weighted by Crippen LogP contribution is 2.27. The minimum atomic E-state index is -4.16. The average molecular weight is 208 g/mol. The van der Waals surface area contributed by atoms with Crippen LogP contribution in [0, 0.1) is 0 Å². The van der Waals surface area contributed by atoms with E-state index in [1.165, 1.54) is 6.26 Å². The van der Waals surface area contributed by atoms with Gasteiger partial charge in [-0.15, -0.1) is 0 Å². The van der Waals surface area contributed by atoms with Crippen LogP contribution in [0.4, 0.5) is 13.2 Å². The van der Waals surface area contributed by atoms with Crippen LogP contribution < -0.4 is 11.3 Å². The lowest BCUT2D eigenvalue weighted by molar-refractivity contribution is -0.136. The van der Waals surface area contributed by atoms with Gasteiger partial charge in [0, 0.05) is 6.42 Å². The van der Waals surface area contributed by atoms with Crippen molar-refractivity contribution < 1.29 is 17.6 Å². The highest BCUT2D eigenvalue weighted by molar-refractivity contribution is 5.03. The third-order valence-electron chi connectivity index (χ3n) is 1.80. The Kier molecular flexibility index (Phi) is 3.54. The van der Waals surface area contributed by atoms with Crippen LogP contribution >= 0.6 is 0 Å². The van der Waals surface area contributed by atoms with E-state index in [1.54, 1.807) is 12.1 Å². The number of hydrogen-bond acceptors (Lipinski definition) is 3. The molecular weight excluding hydrogens is 197 g/mol. The highest BCUT2D eigenvalue weighted by Gasteiger charge is 2.29. The number of rotatable bonds is 4. The third-order valence-corrected chi connectivity index (χ3v) is 1.80. The molecule has 0 saturated heterocycles. The summed E-state index contributed by atoms with van der Waals surface area (Å²) in [6.45, 7) is 0. The number of hydrazine groups is 1. The zero-order valence-electron chi connectivity index (χ0n) is 7.34. The van der Waals surface area contributed by atoms with Crippen LogP contribution in [0.5, 0.6) is 0 Å². The van der Waals surface area contributed by atoms with Crippen LogP contribution in [0.25, 0.3) is 0 Å². The van der Waals surface area contributed by atoms with Gasteiger partial charge in [-0.2, -0.15) is 13.2 Å². The van der Waals surface area contributed by atoms with E-state index >= 15 is 0 Å². The van der Waals surface area contributed by atoms with Gasteiger partial charge in [-0.25, -0.2) is 5.43 Å². The summed E-state index contributed by atoms with van der Waals surface area (Å²) in [6.07, 6.45) is -3.79. The maximum Gasteiger partial charge on any atom is 0.389 e. The molecule has 3 nitrogen and oxygen atoms in total. The Morgan fingerprint density at radius 2 is 2.21 bits per heavy atom. The predicted octanol–water partition coefficient (Wildman–Crippen LogP) is 2.13. The zero-order chi connectivity index (χ0) is 10.6. The lowest BCUT2D eigenvalue weighted by Gasteiger charge is -2.14. The van der Waals surface area contributed by atoms with Crippen molar-refractivity contribution in [3.63, 3.8) is 0 Å². The first kappa shape index (κ1) is 11.1. The molecule has 0 aromatic carbocycles. The van der Waals surface area contributed by atoms with Crippen molar-refractivity contribution in [1.82, 2.24) is 5.43 Å². The van der Waals surface area contributed by atoms with Crippen LogP contribution in [-0.4, -0.2) is 6.18 Å². The summed E-state index contributed by atoms with van der Waals surface area (Å²) in [4.78, 5) is 0. The molecule has 1 aromatic heterocycles. The van der Waals surface area contributed by atoms with E-state index in [1.807, 2.05) is 0 Å². The number of furan rings is 1. The van der Waals surface area contributed by atoms with Crippen LogP contribution in [0.15, 0.2) is 22.8 Å². The minimum absolute atomic E-state index is 0.131. The van der Waals surface area contributed by atoms with Crippen LogP contribution in [0.1, 0.15) is 24.6 Å². The molecule has 0 bridgehead atoms. The highest BCUT2D eigenvalue weighted by atomic mass is 19.4. The summed E-state index contributed by atoms with van der Waals surface area (Å²) in [5.41, 5.74) is 2.28. The molecule has 14 heavy (non-hydrogen) atoms. The number of halogens is 3. The Hall–Kier alpha value is -1.01. The number of hydrogen-bond donors (Lipinski definition) is 2. The molecule has 3 N–H and O–H groups in total. The molecule has 80 valence electrons. The lowest BCUT2D eigenvalue weighted by atomic mass is 10.1. The van der Waals surface area contributed by atoms with E-state index in [0.29, 0.717) is 5.76 Å². The molecule has 1 unspecified atom stereocenters. The summed E-state index contributed by atoms with van der Waals surface area (Å²) in [6, 6.07) is 2.60. The molecule has 0 amide bonds. The minimum Gasteiger partial charge on any atom is -0.468 e. The molecule has 1 rings (SSSR count). The van der Waals surface area contributed by atoms with Crippen molar-refractivity contribution in [2.24, 2.45) is 5.84 Å². The fourth-order valence-corrected chi connectivity index (χ4v) is 1.11. The smallest absolute Gasteiger partial charge is 0.389 e. The zero-order valence-corrected chi connectivity index (χ0v) is 7.34. The van der Waals surface area contributed by atoms with E-state index in [4.69, 9.17) is 10.3 Å². The van der Waals surface area contributed by atoms with Gasteiger partial charge >= 0.3 is 6.18 Å². The van der Waals surface area contributed by atoms with Crippen molar-refractivity contribution in [2.45, 2.75) is 25.1 Å². The summed E-state index contributed by atoms with van der Waals surface area (Å²) in [5.74, 6) is 5.53. The first-order valence-electron chi connectivity index (χ1n) is 4.09. The van der Waals surface area contributed by atoms with Crippen molar-refractivity contribution in [2.75, 3.05) is 0 Å². The number of nitrogens with one attached hydrogen (secondary N) is 1. The Labute approximate surface area is 79.0 Å². The van der Waals surface area contributed by atoms with Gasteiger partial charge in [0.1, 0.15) is 5.76 Å². The second-order valence-electron chi connectivity index (χ2n) is 2.89. The van der Waals surface area contributed by atoms with Crippen molar-refractivity contribution >= 4 is 0 Å². The predicted molar refractivity (Wildman–Crippen MR) is 44.1 cm³/mol. The van der Waals surface area contributed by atoms with Gasteiger partial charge < -0.3 is 4.42 Å². The van der Waals surface area contributed by atoms with E-state index in [-0.39, 0.29) is 6.42 Å². The largest absolute Gasteiger partial charge is 0.468 e. The van der Waals surface area contributed by atoms with E-state index in [2.05, 4.69) is 5.43 Å². The number of alkyl halides is 3. The van der Waals surface area contributed by atoms with Crippen LogP contribution in [0.3, 0.4) is 0 Å². The fraction of sp³-hybridized carbons (Fsp3) is 0.500. The monoisotopic (exact) mass is 208 g/mol. The van der Waals surface area contributed by atoms with Crippen LogP contribution in [-0.2, 0) is 0 Å². The quantitative estimate of drug-likeness (QED) is 0.588. The number of nitrogens with two attached hydrogens (primary N) is 1. The molecule has 0 radical (unpaired) electrons. The first-order valence-corrected chi connectivity index (χ1v) is 4.09. The summed E-state index contributed by atoms with van der Waals surface area (Å²) in [7, 11) is 0. The van der Waals surface area contributed by atoms with Crippen molar-refractivity contribution in [3.05, 3.63) is 24.2 Å². The first-order chi connectivity index (χ1) is 6.53. The molecule has 1 heterocycles. The molecule has 1 atom stereocenters. The second-order valence-corrected chi connectivity index (χ2v) is 2.89. The van der Waals surface area contributed by atoms with Gasteiger partial charge in [0.2, 0.25) is 0 Å². The molecule has 0 spiro atoms. The Morgan fingerprint density at radius 1 is 1.50 bits per heavy atom. The Balaban J connectivity index is 2.49. The summed E-state index contributed by atoms with van der Waals surface area (Å²) >= 11 is 0. The van der Waals surface area contributed by atoms with Gasteiger partial charge in [-0.1, -0.05) is 0 Å². The third kappa shape index (κ3) is 3.39. The van der Waals surface area contributed by atoms with Gasteiger partial charge in [-0.05, 0) is 18.6 Å². The van der Waals surface area contributed by atoms with Gasteiger partial charge in [0.25, 0.3) is 0 Å². The Morgan fingerprint density at radius 3 is 2.64 bits per heavy atom. The molecule has 0 aliphatic heterocycles. The fourth-order valence-electron chi connectivity index (χ4n) is 1.11. The average Bonchev–Trinajstić information content (AvgIpc) is 2.56. The maximum atomic E-state index is 11.9. The Bertz CT molecular complexity index is 258. The molecule has 1 aromatic rings. The molecule has 0 fully saturated rings. The van der Waals surface area contributed by atoms with Gasteiger partial charge in [0.15, 0.2) is 0 Å². The van der Waals surface area contributed by atoms with Gasteiger partial charge in [-0.3, -0.25) is 5.84 Å². The molecule has 0 aliphatic carbocycles. The topological polar surface area (TPSA) is 51.2 Å². The van der Waals surface area contributed by atoms with Crippen molar-refractivity contribution in [3.8, 4) is 0 Å². The molecular formula is C8H11F3N2O. The summed E-state index contributed by atoms with van der Waals surface area (Å²) in [5, 5.41) is 0. The summed E-state index contributed by atoms with van der Waals surface area (Å²) < 4.78 is 40.6. The normalized spacial score (nSPS) is 14.3. The van der Waals surface area contributed by atoms with E-state index in [9.17, 15) is 13.2 Å². The lowest BCUT2D eigenvalue weighted by Crippen LogP contribution is -2.28. The standard InChI is InChI=1S/C8H11F3N2O/c9-8(10,11)4-3-6(13-12)7-2-1-5-14-7/h1-2,5-6,13H,3-4,12H2. The second kappa shape index (κ2) is 4.47. The molecule has 0 saturated carbocycles.